The molecule has 0 spiro atoms. The standard InChI is InChI=1S/C18H21N5O/c1-20-18-21-11-13(4-3-12-9-14(19)10-12)17(23-18)22-15-5-7-16(24-2)8-6-15/h5-8,11-12,14H,9-10,19H2,1-2H3,(H2,20,21,22,23)/t12-,14+. The summed E-state index contributed by atoms with van der Waals surface area (Å²) in [5.74, 6) is 8.84. The molecule has 1 aliphatic rings. The number of rotatable bonds is 4. The third kappa shape index (κ3) is 3.76. The van der Waals surface area contributed by atoms with Crippen LogP contribution in [0.4, 0.5) is 17.5 Å². The van der Waals surface area contributed by atoms with Gasteiger partial charge < -0.3 is 21.1 Å². The Kier molecular flexibility index (Phi) is 4.82. The maximum atomic E-state index is 5.81. The smallest absolute Gasteiger partial charge is 0.224 e. The number of hydrogen-bond acceptors (Lipinski definition) is 6. The van der Waals surface area contributed by atoms with Crippen molar-refractivity contribution in [3.8, 4) is 17.6 Å². The molecular weight excluding hydrogens is 302 g/mol. The van der Waals surface area contributed by atoms with Crippen molar-refractivity contribution in [2.24, 2.45) is 11.7 Å². The van der Waals surface area contributed by atoms with E-state index in [1.807, 2.05) is 24.3 Å². The summed E-state index contributed by atoms with van der Waals surface area (Å²) in [6, 6.07) is 7.95. The van der Waals surface area contributed by atoms with E-state index in [1.54, 1.807) is 20.4 Å². The summed E-state index contributed by atoms with van der Waals surface area (Å²) in [6.45, 7) is 0. The molecule has 1 saturated carbocycles. The summed E-state index contributed by atoms with van der Waals surface area (Å²) in [6.07, 6.45) is 3.66. The van der Waals surface area contributed by atoms with Crippen LogP contribution in [0.5, 0.6) is 5.75 Å². The quantitative estimate of drug-likeness (QED) is 0.749. The fourth-order valence-corrected chi connectivity index (χ4v) is 2.46. The molecular formula is C18H21N5O. The molecule has 0 aliphatic heterocycles. The van der Waals surface area contributed by atoms with Gasteiger partial charge in [-0.15, -0.1) is 0 Å². The number of aromatic nitrogens is 2. The Hall–Kier alpha value is -2.78. The molecule has 1 fully saturated rings. The third-order valence-electron chi connectivity index (χ3n) is 3.95. The summed E-state index contributed by atoms with van der Waals surface area (Å²) in [7, 11) is 3.43. The second-order valence-electron chi connectivity index (χ2n) is 5.76. The molecule has 0 bridgehead atoms. The van der Waals surface area contributed by atoms with Crippen LogP contribution in [0.25, 0.3) is 0 Å². The third-order valence-corrected chi connectivity index (χ3v) is 3.95. The molecule has 1 aromatic heterocycles. The normalized spacial score (nSPS) is 18.8. The van der Waals surface area contributed by atoms with Gasteiger partial charge in [-0.2, -0.15) is 4.98 Å². The van der Waals surface area contributed by atoms with Gasteiger partial charge in [-0.3, -0.25) is 0 Å². The molecule has 0 radical (unpaired) electrons. The van der Waals surface area contributed by atoms with Crippen LogP contribution in [0.15, 0.2) is 30.5 Å². The van der Waals surface area contributed by atoms with Gasteiger partial charge in [-0.05, 0) is 37.1 Å². The van der Waals surface area contributed by atoms with Gasteiger partial charge in [-0.1, -0.05) is 11.8 Å². The molecule has 1 heterocycles. The van der Waals surface area contributed by atoms with E-state index in [4.69, 9.17) is 10.5 Å². The van der Waals surface area contributed by atoms with Crippen LogP contribution in [-0.2, 0) is 0 Å². The number of methoxy groups -OCH3 is 1. The first-order chi connectivity index (χ1) is 11.7. The Balaban J connectivity index is 1.83. The van der Waals surface area contributed by atoms with Crippen molar-refractivity contribution in [3.63, 3.8) is 0 Å². The van der Waals surface area contributed by atoms with Crippen molar-refractivity contribution < 1.29 is 4.74 Å². The van der Waals surface area contributed by atoms with E-state index in [2.05, 4.69) is 32.4 Å². The lowest BCUT2D eigenvalue weighted by molar-refractivity contribution is 0.335. The van der Waals surface area contributed by atoms with Crippen LogP contribution in [-0.4, -0.2) is 30.2 Å². The van der Waals surface area contributed by atoms with E-state index < -0.39 is 0 Å². The Morgan fingerprint density at radius 1 is 1.25 bits per heavy atom. The fraction of sp³-hybridized carbons (Fsp3) is 0.333. The highest BCUT2D eigenvalue weighted by Crippen LogP contribution is 2.25. The molecule has 0 unspecified atom stereocenters. The van der Waals surface area contributed by atoms with Crippen molar-refractivity contribution in [2.45, 2.75) is 18.9 Å². The zero-order valence-electron chi connectivity index (χ0n) is 13.8. The van der Waals surface area contributed by atoms with Gasteiger partial charge in [0.15, 0.2) is 5.82 Å². The summed E-state index contributed by atoms with van der Waals surface area (Å²) in [5, 5.41) is 6.24. The molecule has 0 atom stereocenters. The van der Waals surface area contributed by atoms with Crippen molar-refractivity contribution in [2.75, 3.05) is 24.8 Å². The predicted octanol–water partition coefficient (Wildman–Crippen LogP) is 2.36. The highest BCUT2D eigenvalue weighted by Gasteiger charge is 2.23. The first-order valence-corrected chi connectivity index (χ1v) is 7.91. The average molecular weight is 323 g/mol. The first kappa shape index (κ1) is 16.1. The topological polar surface area (TPSA) is 85.1 Å². The summed E-state index contributed by atoms with van der Waals surface area (Å²) in [5.41, 5.74) is 7.48. The van der Waals surface area contributed by atoms with Crippen LogP contribution < -0.4 is 21.1 Å². The minimum Gasteiger partial charge on any atom is -0.497 e. The van der Waals surface area contributed by atoms with Gasteiger partial charge >= 0.3 is 0 Å². The molecule has 0 amide bonds. The molecule has 0 saturated heterocycles. The Morgan fingerprint density at radius 3 is 2.62 bits per heavy atom. The largest absolute Gasteiger partial charge is 0.497 e. The summed E-state index contributed by atoms with van der Waals surface area (Å²) >= 11 is 0. The van der Waals surface area contributed by atoms with Crippen molar-refractivity contribution in [1.82, 2.24) is 9.97 Å². The maximum absolute atomic E-state index is 5.81. The summed E-state index contributed by atoms with van der Waals surface area (Å²) in [4.78, 5) is 8.73. The molecule has 24 heavy (non-hydrogen) atoms. The van der Waals surface area contributed by atoms with E-state index in [0.717, 1.165) is 29.8 Å². The van der Waals surface area contributed by atoms with Crippen LogP contribution in [0.3, 0.4) is 0 Å². The molecule has 4 N–H and O–H groups in total. The highest BCUT2D eigenvalue weighted by atomic mass is 16.5. The molecule has 1 aromatic carbocycles. The van der Waals surface area contributed by atoms with Crippen LogP contribution in [0.1, 0.15) is 18.4 Å². The van der Waals surface area contributed by atoms with E-state index >= 15 is 0 Å². The van der Waals surface area contributed by atoms with E-state index in [9.17, 15) is 0 Å². The van der Waals surface area contributed by atoms with Crippen molar-refractivity contribution in [1.29, 1.82) is 0 Å². The maximum Gasteiger partial charge on any atom is 0.224 e. The molecule has 3 rings (SSSR count). The lowest BCUT2D eigenvalue weighted by atomic mass is 9.81. The Bertz CT molecular complexity index is 757. The lowest BCUT2D eigenvalue weighted by Gasteiger charge is -2.27. The summed E-state index contributed by atoms with van der Waals surface area (Å²) < 4.78 is 5.18. The number of nitrogens with two attached hydrogens (primary N) is 1. The van der Waals surface area contributed by atoms with E-state index in [1.165, 1.54) is 0 Å². The number of ether oxygens (including phenoxy) is 1. The fourth-order valence-electron chi connectivity index (χ4n) is 2.46. The molecule has 2 aromatic rings. The zero-order chi connectivity index (χ0) is 16.9. The van der Waals surface area contributed by atoms with Crippen LogP contribution >= 0.6 is 0 Å². The van der Waals surface area contributed by atoms with Gasteiger partial charge in [0.25, 0.3) is 0 Å². The van der Waals surface area contributed by atoms with Gasteiger partial charge in [0.2, 0.25) is 5.95 Å². The minimum absolute atomic E-state index is 0.295. The van der Waals surface area contributed by atoms with Crippen molar-refractivity contribution in [3.05, 3.63) is 36.0 Å². The number of anilines is 3. The van der Waals surface area contributed by atoms with Gasteiger partial charge in [-0.25, -0.2) is 4.98 Å². The monoisotopic (exact) mass is 323 g/mol. The van der Waals surface area contributed by atoms with E-state index in [0.29, 0.717) is 23.7 Å². The zero-order valence-corrected chi connectivity index (χ0v) is 13.8. The van der Waals surface area contributed by atoms with Crippen molar-refractivity contribution >= 4 is 17.5 Å². The number of benzene rings is 1. The molecule has 6 heteroatoms. The van der Waals surface area contributed by atoms with Crippen LogP contribution in [0, 0.1) is 17.8 Å². The highest BCUT2D eigenvalue weighted by molar-refractivity contribution is 5.64. The van der Waals surface area contributed by atoms with Crippen LogP contribution in [0.2, 0.25) is 0 Å². The van der Waals surface area contributed by atoms with Gasteiger partial charge in [0.05, 0.1) is 18.9 Å². The molecule has 124 valence electrons. The molecule has 6 nitrogen and oxygen atoms in total. The van der Waals surface area contributed by atoms with Gasteiger partial charge in [0.1, 0.15) is 5.75 Å². The number of nitrogens with zero attached hydrogens (tertiary/aromatic N) is 2. The lowest BCUT2D eigenvalue weighted by Crippen LogP contribution is -2.35. The Morgan fingerprint density at radius 2 is 2.00 bits per heavy atom. The second kappa shape index (κ2) is 7.20. The predicted molar refractivity (Wildman–Crippen MR) is 95.4 cm³/mol. The number of nitrogens with one attached hydrogen (secondary N) is 2. The molecule has 1 aliphatic carbocycles. The number of hydrogen-bond donors (Lipinski definition) is 3. The Labute approximate surface area is 141 Å². The average Bonchev–Trinajstić information content (AvgIpc) is 2.59. The second-order valence-corrected chi connectivity index (χ2v) is 5.76. The van der Waals surface area contributed by atoms with E-state index in [-0.39, 0.29) is 0 Å². The first-order valence-electron chi connectivity index (χ1n) is 7.91. The minimum atomic E-state index is 0.295. The van der Waals surface area contributed by atoms with Gasteiger partial charge in [0, 0.05) is 24.7 Å². The SMILES string of the molecule is CNc1ncc(C#C[C@H]2C[C@@H](N)C2)c(Nc2ccc(OC)cc2)n1.